The molecule has 0 spiro atoms. The molecule has 0 atom stereocenters. The van der Waals surface area contributed by atoms with Crippen LogP contribution < -0.4 is 19.5 Å². The van der Waals surface area contributed by atoms with Crippen molar-refractivity contribution in [1.82, 2.24) is 5.32 Å². The highest BCUT2D eigenvalue weighted by Gasteiger charge is 2.12. The van der Waals surface area contributed by atoms with Gasteiger partial charge in [0.05, 0.1) is 32.8 Å². The zero-order valence-electron chi connectivity index (χ0n) is 15.9. The number of methoxy groups -OCH3 is 3. The predicted molar refractivity (Wildman–Crippen MR) is 109 cm³/mol. The third-order valence-corrected chi connectivity index (χ3v) is 4.86. The average Bonchev–Trinajstić information content (AvgIpc) is 3.41. The molecule has 0 aliphatic carbocycles. The highest BCUT2D eigenvalue weighted by molar-refractivity contribution is 7.13. The number of rotatable bonds is 8. The molecule has 3 aromatic rings. The molecule has 2 aromatic heterocycles. The number of amides is 1. The summed E-state index contributed by atoms with van der Waals surface area (Å²) >= 11 is 1.61. The highest BCUT2D eigenvalue weighted by Crippen LogP contribution is 2.38. The Morgan fingerprint density at radius 3 is 2.46 bits per heavy atom. The van der Waals surface area contributed by atoms with Crippen LogP contribution in [0.5, 0.6) is 17.2 Å². The van der Waals surface area contributed by atoms with Crippen LogP contribution in [-0.2, 0) is 11.3 Å². The van der Waals surface area contributed by atoms with Crippen LogP contribution in [0.2, 0.25) is 0 Å². The first-order valence-corrected chi connectivity index (χ1v) is 9.41. The van der Waals surface area contributed by atoms with E-state index in [9.17, 15) is 4.79 Å². The van der Waals surface area contributed by atoms with Crippen LogP contribution in [0.3, 0.4) is 0 Å². The van der Waals surface area contributed by atoms with E-state index in [1.165, 1.54) is 6.08 Å². The zero-order valence-corrected chi connectivity index (χ0v) is 16.7. The van der Waals surface area contributed by atoms with Crippen molar-refractivity contribution in [1.29, 1.82) is 0 Å². The second kappa shape index (κ2) is 9.14. The predicted octanol–water partition coefficient (Wildman–Crippen LogP) is 4.36. The molecule has 0 aliphatic heterocycles. The minimum Gasteiger partial charge on any atom is -0.493 e. The minimum absolute atomic E-state index is 0.233. The molecule has 0 saturated carbocycles. The maximum atomic E-state index is 12.1. The van der Waals surface area contributed by atoms with E-state index in [-0.39, 0.29) is 5.91 Å². The zero-order chi connectivity index (χ0) is 19.9. The quantitative estimate of drug-likeness (QED) is 0.570. The van der Waals surface area contributed by atoms with Gasteiger partial charge in [0.2, 0.25) is 11.7 Å². The molecule has 0 saturated heterocycles. The molecule has 1 N–H and O–H groups in total. The molecular formula is C21H21NO5S. The van der Waals surface area contributed by atoms with Gasteiger partial charge in [0.25, 0.3) is 0 Å². The summed E-state index contributed by atoms with van der Waals surface area (Å²) in [6.07, 6.45) is 3.13. The van der Waals surface area contributed by atoms with Crippen molar-refractivity contribution < 1.29 is 23.4 Å². The molecule has 3 rings (SSSR count). The molecule has 0 aliphatic rings. The van der Waals surface area contributed by atoms with Crippen molar-refractivity contribution in [2.24, 2.45) is 0 Å². The Labute approximate surface area is 167 Å². The van der Waals surface area contributed by atoms with E-state index in [0.29, 0.717) is 29.6 Å². The van der Waals surface area contributed by atoms with Crippen LogP contribution in [0, 0.1) is 0 Å². The van der Waals surface area contributed by atoms with Gasteiger partial charge in [-0.3, -0.25) is 4.79 Å². The van der Waals surface area contributed by atoms with Gasteiger partial charge in [0, 0.05) is 6.08 Å². The number of benzene rings is 1. The fraction of sp³-hybridized carbons (Fsp3) is 0.190. The van der Waals surface area contributed by atoms with E-state index < -0.39 is 0 Å². The van der Waals surface area contributed by atoms with Crippen LogP contribution in [0.15, 0.2) is 52.3 Å². The standard InChI is InChI=1S/C21H21NO5S/c1-24-17-11-14(12-18(25-2)21(17)26-3)6-9-20(23)22-13-15-7-8-16(27-15)19-5-4-10-28-19/h4-12H,13H2,1-3H3,(H,22,23)/b9-6+. The largest absolute Gasteiger partial charge is 0.493 e. The van der Waals surface area contributed by atoms with Gasteiger partial charge in [0.1, 0.15) is 11.5 Å². The molecule has 1 aromatic carbocycles. The normalized spacial score (nSPS) is 10.8. The summed E-state index contributed by atoms with van der Waals surface area (Å²) in [4.78, 5) is 13.2. The lowest BCUT2D eigenvalue weighted by atomic mass is 10.1. The molecule has 0 radical (unpaired) electrons. The number of hydrogen-bond acceptors (Lipinski definition) is 6. The fourth-order valence-corrected chi connectivity index (χ4v) is 3.31. The number of furan rings is 1. The second-order valence-corrected chi connectivity index (χ2v) is 6.70. The van der Waals surface area contributed by atoms with Crippen molar-refractivity contribution in [3.63, 3.8) is 0 Å². The van der Waals surface area contributed by atoms with E-state index in [1.807, 2.05) is 29.6 Å². The van der Waals surface area contributed by atoms with Gasteiger partial charge >= 0.3 is 0 Å². The Balaban J connectivity index is 1.62. The summed E-state index contributed by atoms with van der Waals surface area (Å²) in [5, 5.41) is 4.80. The molecule has 28 heavy (non-hydrogen) atoms. The van der Waals surface area contributed by atoms with Gasteiger partial charge in [0.15, 0.2) is 11.5 Å². The van der Waals surface area contributed by atoms with Crippen LogP contribution >= 0.6 is 11.3 Å². The fourth-order valence-electron chi connectivity index (χ4n) is 2.63. The Morgan fingerprint density at radius 2 is 1.86 bits per heavy atom. The number of nitrogens with one attached hydrogen (secondary N) is 1. The molecule has 0 unspecified atom stereocenters. The summed E-state index contributed by atoms with van der Waals surface area (Å²) in [5.41, 5.74) is 0.752. The molecule has 7 heteroatoms. The molecule has 0 fully saturated rings. The first kappa shape index (κ1) is 19.6. The van der Waals surface area contributed by atoms with Gasteiger partial charge in [-0.1, -0.05) is 6.07 Å². The maximum absolute atomic E-state index is 12.1. The van der Waals surface area contributed by atoms with Gasteiger partial charge in [-0.25, -0.2) is 0 Å². The third-order valence-electron chi connectivity index (χ3n) is 3.98. The topological polar surface area (TPSA) is 69.9 Å². The Bertz CT molecular complexity index is 934. The SMILES string of the molecule is COc1cc(/C=C/C(=O)NCc2ccc(-c3cccs3)o2)cc(OC)c1OC. The smallest absolute Gasteiger partial charge is 0.244 e. The molecule has 2 heterocycles. The lowest BCUT2D eigenvalue weighted by molar-refractivity contribution is -0.116. The van der Waals surface area contributed by atoms with Crippen molar-refractivity contribution in [2.75, 3.05) is 21.3 Å². The monoisotopic (exact) mass is 399 g/mol. The molecule has 146 valence electrons. The number of thiophene rings is 1. The molecule has 0 bridgehead atoms. The van der Waals surface area contributed by atoms with Gasteiger partial charge in [-0.15, -0.1) is 11.3 Å². The summed E-state index contributed by atoms with van der Waals surface area (Å²) in [6.45, 7) is 0.309. The average molecular weight is 399 g/mol. The van der Waals surface area contributed by atoms with Crippen LogP contribution in [-0.4, -0.2) is 27.2 Å². The molecule has 1 amide bonds. The van der Waals surface area contributed by atoms with E-state index in [0.717, 1.165) is 16.2 Å². The van der Waals surface area contributed by atoms with Crippen molar-refractivity contribution in [3.05, 3.63) is 59.2 Å². The first-order valence-electron chi connectivity index (χ1n) is 8.53. The maximum Gasteiger partial charge on any atom is 0.244 e. The summed E-state index contributed by atoms with van der Waals surface area (Å²) in [6, 6.07) is 11.3. The number of hydrogen-bond donors (Lipinski definition) is 1. The van der Waals surface area contributed by atoms with E-state index >= 15 is 0 Å². The summed E-state index contributed by atoms with van der Waals surface area (Å²) < 4.78 is 21.7. The Kier molecular flexibility index (Phi) is 6.39. The molecular weight excluding hydrogens is 378 g/mol. The number of carbonyl (C=O) groups excluding carboxylic acids is 1. The lowest BCUT2D eigenvalue weighted by Gasteiger charge is -2.12. The second-order valence-electron chi connectivity index (χ2n) is 5.75. The Morgan fingerprint density at radius 1 is 1.11 bits per heavy atom. The van der Waals surface area contributed by atoms with Crippen molar-refractivity contribution in [3.8, 4) is 27.9 Å². The molecule has 6 nitrogen and oxygen atoms in total. The van der Waals surface area contributed by atoms with E-state index in [4.69, 9.17) is 18.6 Å². The van der Waals surface area contributed by atoms with Crippen molar-refractivity contribution >= 4 is 23.3 Å². The summed E-state index contributed by atoms with van der Waals surface area (Å²) in [7, 11) is 4.64. The minimum atomic E-state index is -0.233. The number of carbonyl (C=O) groups is 1. The highest BCUT2D eigenvalue weighted by atomic mass is 32.1. The van der Waals surface area contributed by atoms with Crippen LogP contribution in [0.1, 0.15) is 11.3 Å². The van der Waals surface area contributed by atoms with Crippen LogP contribution in [0.4, 0.5) is 0 Å². The lowest BCUT2D eigenvalue weighted by Crippen LogP contribution is -2.19. The number of ether oxygens (including phenoxy) is 3. The van der Waals surface area contributed by atoms with E-state index in [2.05, 4.69) is 5.32 Å². The van der Waals surface area contributed by atoms with Gasteiger partial charge < -0.3 is 23.9 Å². The van der Waals surface area contributed by atoms with Gasteiger partial charge in [-0.05, 0) is 47.4 Å². The summed E-state index contributed by atoms with van der Waals surface area (Å²) in [5.74, 6) is 2.82. The third kappa shape index (κ3) is 4.55. The van der Waals surface area contributed by atoms with Crippen LogP contribution in [0.25, 0.3) is 16.7 Å². The van der Waals surface area contributed by atoms with E-state index in [1.54, 1.807) is 50.9 Å². The van der Waals surface area contributed by atoms with Crippen molar-refractivity contribution in [2.45, 2.75) is 6.54 Å². The van der Waals surface area contributed by atoms with Gasteiger partial charge in [-0.2, -0.15) is 0 Å². The Hall–Kier alpha value is -3.19. The first-order chi connectivity index (χ1) is 13.6.